The predicted octanol–water partition coefficient (Wildman–Crippen LogP) is 8.96. The van der Waals surface area contributed by atoms with E-state index in [2.05, 4.69) is 115 Å². The van der Waals surface area contributed by atoms with Gasteiger partial charge < -0.3 is 0 Å². The molecule has 0 fully saturated rings. The quantitative estimate of drug-likeness (QED) is 0.325. The summed E-state index contributed by atoms with van der Waals surface area (Å²) in [5.41, 5.74) is 6.25. The molecule has 2 nitrogen and oxygen atoms in total. The summed E-state index contributed by atoms with van der Waals surface area (Å²) < 4.78 is 0. The average Bonchev–Trinajstić information content (AvgIpc) is 2.77. The second kappa shape index (κ2) is 10.3. The smallest absolute Gasteiger partial charge is 0.0708 e. The molecule has 4 aromatic rings. The van der Waals surface area contributed by atoms with Crippen molar-refractivity contribution in [2.45, 2.75) is 79.1 Å². The van der Waals surface area contributed by atoms with E-state index in [-0.39, 0.29) is 0 Å². The Hall–Kier alpha value is -2.74. The van der Waals surface area contributed by atoms with Crippen LogP contribution in [0.4, 0.5) is 0 Å². The standard InChI is InChI=1S/2C15H19N/c1-10(2)13-7-5-6-12-8-15(11(3)4)16-9-14(12)13;1-10(2)12-6-5-7-15-13(12)8-9-14(16-15)11(3)4/h2*5-11H,1-4H3. The third kappa shape index (κ3) is 5.35. The average molecular weight is 427 g/mol. The first kappa shape index (κ1) is 23.9. The Bertz CT molecular complexity index is 1090. The largest absolute Gasteiger partial charge is 0.260 e. The van der Waals surface area contributed by atoms with E-state index in [1.54, 1.807) is 0 Å². The van der Waals surface area contributed by atoms with Crippen molar-refractivity contribution < 1.29 is 0 Å². The molecule has 0 aliphatic carbocycles. The third-order valence-corrected chi connectivity index (χ3v) is 6.03. The van der Waals surface area contributed by atoms with Gasteiger partial charge in [0.05, 0.1) is 5.52 Å². The van der Waals surface area contributed by atoms with Gasteiger partial charge in [0.2, 0.25) is 0 Å². The summed E-state index contributed by atoms with van der Waals surface area (Å²) in [6.07, 6.45) is 2.03. The molecule has 0 saturated heterocycles. The molecule has 0 radical (unpaired) electrons. The van der Waals surface area contributed by atoms with Gasteiger partial charge in [-0.25, -0.2) is 0 Å². The molecule has 0 aliphatic rings. The lowest BCUT2D eigenvalue weighted by atomic mass is 9.96. The molecule has 0 saturated carbocycles. The van der Waals surface area contributed by atoms with E-state index < -0.39 is 0 Å². The lowest BCUT2D eigenvalue weighted by molar-refractivity contribution is 0.824. The van der Waals surface area contributed by atoms with Gasteiger partial charge >= 0.3 is 0 Å². The van der Waals surface area contributed by atoms with E-state index >= 15 is 0 Å². The minimum Gasteiger partial charge on any atom is -0.260 e. The van der Waals surface area contributed by atoms with Crippen LogP contribution in [-0.4, -0.2) is 9.97 Å². The van der Waals surface area contributed by atoms with E-state index in [0.717, 1.165) is 5.52 Å². The molecule has 0 aliphatic heterocycles. The van der Waals surface area contributed by atoms with Crippen LogP contribution in [0.2, 0.25) is 0 Å². The van der Waals surface area contributed by atoms with E-state index in [4.69, 9.17) is 4.98 Å². The first-order valence-corrected chi connectivity index (χ1v) is 12.0. The Morgan fingerprint density at radius 2 is 1.16 bits per heavy atom. The third-order valence-electron chi connectivity index (χ3n) is 6.03. The zero-order valence-electron chi connectivity index (χ0n) is 21.0. The monoisotopic (exact) mass is 426 g/mol. The number of aromatic nitrogens is 2. The van der Waals surface area contributed by atoms with Gasteiger partial charge in [0.1, 0.15) is 0 Å². The van der Waals surface area contributed by atoms with Crippen molar-refractivity contribution in [2.75, 3.05) is 0 Å². The lowest BCUT2D eigenvalue weighted by Crippen LogP contribution is -1.95. The van der Waals surface area contributed by atoms with E-state index in [1.807, 2.05) is 6.20 Å². The van der Waals surface area contributed by atoms with Crippen molar-refractivity contribution in [3.05, 3.63) is 83.3 Å². The Morgan fingerprint density at radius 1 is 0.562 bits per heavy atom. The number of fused-ring (bicyclic) bond motifs is 2. The van der Waals surface area contributed by atoms with Crippen LogP contribution < -0.4 is 0 Å². The molecule has 0 spiro atoms. The summed E-state index contributed by atoms with van der Waals surface area (Å²) in [5, 5.41) is 3.90. The normalized spacial score (nSPS) is 11.6. The van der Waals surface area contributed by atoms with Gasteiger partial charge in [0.25, 0.3) is 0 Å². The van der Waals surface area contributed by atoms with Crippen molar-refractivity contribution in [3.8, 4) is 0 Å². The summed E-state index contributed by atoms with van der Waals surface area (Å²) in [6, 6.07) is 19.5. The zero-order valence-corrected chi connectivity index (χ0v) is 21.0. The van der Waals surface area contributed by atoms with Crippen LogP contribution in [0.25, 0.3) is 21.7 Å². The van der Waals surface area contributed by atoms with Gasteiger partial charge in [-0.3, -0.25) is 9.97 Å². The van der Waals surface area contributed by atoms with Gasteiger partial charge in [0, 0.05) is 28.4 Å². The molecule has 0 bridgehead atoms. The van der Waals surface area contributed by atoms with Crippen molar-refractivity contribution in [2.24, 2.45) is 0 Å². The van der Waals surface area contributed by atoms with Crippen LogP contribution in [0, 0.1) is 0 Å². The highest BCUT2D eigenvalue weighted by molar-refractivity contribution is 5.86. The highest BCUT2D eigenvalue weighted by atomic mass is 14.7. The van der Waals surface area contributed by atoms with Gasteiger partial charge in [-0.15, -0.1) is 0 Å². The molecule has 2 heteroatoms. The maximum absolute atomic E-state index is 4.72. The second-order valence-corrected chi connectivity index (χ2v) is 9.95. The molecule has 2 aromatic carbocycles. The maximum atomic E-state index is 4.72. The molecule has 2 aromatic heterocycles. The first-order valence-electron chi connectivity index (χ1n) is 12.0. The number of hydrogen-bond donors (Lipinski definition) is 0. The molecule has 168 valence electrons. The van der Waals surface area contributed by atoms with E-state index in [0.29, 0.717) is 23.7 Å². The van der Waals surface area contributed by atoms with Crippen LogP contribution in [0.15, 0.2) is 60.8 Å². The molecule has 0 atom stereocenters. The van der Waals surface area contributed by atoms with Crippen LogP contribution >= 0.6 is 0 Å². The van der Waals surface area contributed by atoms with E-state index in [9.17, 15) is 0 Å². The predicted molar refractivity (Wildman–Crippen MR) is 140 cm³/mol. The minimum atomic E-state index is 0.493. The fourth-order valence-corrected chi connectivity index (χ4v) is 4.05. The van der Waals surface area contributed by atoms with Gasteiger partial charge in [-0.1, -0.05) is 91.8 Å². The van der Waals surface area contributed by atoms with Crippen LogP contribution in [0.1, 0.15) is 102 Å². The minimum absolute atomic E-state index is 0.493. The van der Waals surface area contributed by atoms with Crippen molar-refractivity contribution >= 4 is 21.7 Å². The van der Waals surface area contributed by atoms with Crippen molar-refractivity contribution in [1.82, 2.24) is 9.97 Å². The SMILES string of the molecule is CC(C)c1cc2cccc(C(C)C)c2cn1.CC(C)c1ccc2c(C(C)C)cccc2n1. The van der Waals surface area contributed by atoms with Crippen LogP contribution in [0.3, 0.4) is 0 Å². The first-order chi connectivity index (χ1) is 15.2. The van der Waals surface area contributed by atoms with Gasteiger partial charge in [-0.2, -0.15) is 0 Å². The topological polar surface area (TPSA) is 25.8 Å². The molecule has 32 heavy (non-hydrogen) atoms. The fourth-order valence-electron chi connectivity index (χ4n) is 4.05. The summed E-state index contributed by atoms with van der Waals surface area (Å²) in [5.74, 6) is 2.09. The summed E-state index contributed by atoms with van der Waals surface area (Å²) in [6.45, 7) is 17.6. The molecule has 0 amide bonds. The Balaban J connectivity index is 0.000000181. The van der Waals surface area contributed by atoms with Crippen LogP contribution in [-0.2, 0) is 0 Å². The number of rotatable bonds is 4. The van der Waals surface area contributed by atoms with Crippen molar-refractivity contribution in [3.63, 3.8) is 0 Å². The van der Waals surface area contributed by atoms with Crippen molar-refractivity contribution in [1.29, 1.82) is 0 Å². The van der Waals surface area contributed by atoms with E-state index in [1.165, 1.54) is 38.7 Å². The number of hydrogen-bond acceptors (Lipinski definition) is 2. The summed E-state index contributed by atoms with van der Waals surface area (Å²) in [4.78, 5) is 9.27. The molecular formula is C30H38N2. The molecule has 0 unspecified atom stereocenters. The highest BCUT2D eigenvalue weighted by Gasteiger charge is 2.08. The highest BCUT2D eigenvalue weighted by Crippen LogP contribution is 2.27. The fraction of sp³-hybridized carbons (Fsp3) is 0.400. The second-order valence-electron chi connectivity index (χ2n) is 9.95. The summed E-state index contributed by atoms with van der Waals surface area (Å²) in [7, 11) is 0. The molecule has 0 N–H and O–H groups in total. The number of nitrogens with zero attached hydrogens (tertiary/aromatic N) is 2. The zero-order chi connectivity index (χ0) is 23.4. The van der Waals surface area contributed by atoms with Gasteiger partial charge in [0.15, 0.2) is 0 Å². The Kier molecular flexibility index (Phi) is 7.66. The number of pyridine rings is 2. The van der Waals surface area contributed by atoms with Gasteiger partial charge in [-0.05, 0) is 58.4 Å². The molecular weight excluding hydrogens is 388 g/mol. The maximum Gasteiger partial charge on any atom is 0.0708 e. The Labute approximate surface area is 194 Å². The summed E-state index contributed by atoms with van der Waals surface area (Å²) >= 11 is 0. The Morgan fingerprint density at radius 3 is 1.75 bits per heavy atom. The number of benzene rings is 2. The molecule has 2 heterocycles. The van der Waals surface area contributed by atoms with Crippen LogP contribution in [0.5, 0.6) is 0 Å². The lowest BCUT2D eigenvalue weighted by Gasteiger charge is -2.11. The molecule has 4 rings (SSSR count).